The maximum Gasteiger partial charge on any atom is 0.356 e. The van der Waals surface area contributed by atoms with Crippen molar-refractivity contribution in [1.29, 1.82) is 0 Å². The Kier molecular flexibility index (Phi) is 3.86. The molecule has 0 radical (unpaired) electrons. The third-order valence-corrected chi connectivity index (χ3v) is 5.64. The molecule has 5 rings (SSSR count). The number of rotatable bonds is 3. The molecule has 3 aromatic carbocycles. The Morgan fingerprint density at radius 3 is 2.69 bits per heavy atom. The van der Waals surface area contributed by atoms with Gasteiger partial charge in [0.2, 0.25) is 0 Å². The maximum absolute atomic E-state index is 12.2. The summed E-state index contributed by atoms with van der Waals surface area (Å²) in [5, 5.41) is 1.77. The summed E-state index contributed by atoms with van der Waals surface area (Å²) in [4.78, 5) is 28.4. The summed E-state index contributed by atoms with van der Waals surface area (Å²) in [6.07, 6.45) is 0. The molecule has 29 heavy (non-hydrogen) atoms. The highest BCUT2D eigenvalue weighted by atomic mass is 32.2. The molecule has 0 bridgehead atoms. The SMILES string of the molecule is [N-]=[N+]=N[S+]([O-])c1cc2c3c(cccc3c1)-c1nc3ccc(C(=O)ON)cc3nc1-2. The topological polar surface area (TPSA) is 150 Å². The lowest BCUT2D eigenvalue weighted by Crippen LogP contribution is -2.10. The molecular weight excluding hydrogens is 392 g/mol. The molecule has 0 aliphatic heterocycles. The molecule has 0 fully saturated rings. The first-order chi connectivity index (χ1) is 14.1. The van der Waals surface area contributed by atoms with Gasteiger partial charge in [0.15, 0.2) is 4.90 Å². The van der Waals surface area contributed by atoms with Crippen molar-refractivity contribution >= 4 is 39.1 Å². The number of hydrogen-bond donors (Lipinski definition) is 1. The maximum atomic E-state index is 12.2. The number of nitrogens with zero attached hydrogens (tertiary/aromatic N) is 5. The van der Waals surface area contributed by atoms with E-state index < -0.39 is 17.3 Å². The van der Waals surface area contributed by atoms with Crippen molar-refractivity contribution in [2.24, 2.45) is 10.4 Å². The van der Waals surface area contributed by atoms with E-state index in [-0.39, 0.29) is 5.56 Å². The van der Waals surface area contributed by atoms with E-state index in [0.717, 1.165) is 21.9 Å². The Morgan fingerprint density at radius 1 is 1.10 bits per heavy atom. The smallest absolute Gasteiger partial charge is 0.356 e. The number of aromatic nitrogens is 2. The second-order valence-electron chi connectivity index (χ2n) is 6.32. The van der Waals surface area contributed by atoms with Gasteiger partial charge in [-0.15, -0.1) is 0 Å². The van der Waals surface area contributed by atoms with Gasteiger partial charge < -0.3 is 9.39 Å². The van der Waals surface area contributed by atoms with Crippen LogP contribution < -0.4 is 5.90 Å². The molecule has 1 aliphatic rings. The molecule has 0 amide bonds. The highest BCUT2D eigenvalue weighted by Crippen LogP contribution is 2.46. The first-order valence-corrected chi connectivity index (χ1v) is 9.49. The van der Waals surface area contributed by atoms with E-state index in [1.165, 1.54) is 0 Å². The average Bonchev–Trinajstić information content (AvgIpc) is 3.05. The number of azide groups is 1. The van der Waals surface area contributed by atoms with Crippen LogP contribution in [0.1, 0.15) is 10.4 Å². The van der Waals surface area contributed by atoms with Crippen LogP contribution in [0.4, 0.5) is 0 Å². The Hall–Kier alpha value is -3.69. The third kappa shape index (κ3) is 2.59. The van der Waals surface area contributed by atoms with E-state index in [1.807, 2.05) is 18.2 Å². The van der Waals surface area contributed by atoms with Crippen molar-refractivity contribution in [3.05, 3.63) is 64.5 Å². The molecule has 4 aromatic rings. The van der Waals surface area contributed by atoms with Crippen LogP contribution >= 0.6 is 0 Å². The average molecular weight is 402 g/mol. The minimum absolute atomic E-state index is 0.258. The Balaban J connectivity index is 1.80. The summed E-state index contributed by atoms with van der Waals surface area (Å²) in [5.41, 5.74) is 12.9. The molecule has 1 aliphatic carbocycles. The van der Waals surface area contributed by atoms with Crippen LogP contribution in [-0.2, 0) is 16.2 Å². The third-order valence-electron chi connectivity index (χ3n) is 4.78. The zero-order valence-electron chi connectivity index (χ0n) is 14.6. The van der Waals surface area contributed by atoms with Gasteiger partial charge in [0.05, 0.1) is 28.0 Å². The molecule has 10 heteroatoms. The standard InChI is InChI=1S/C19H10N6O3S/c20-24-25-29(27)11-6-9-2-1-3-12-16(9)13(8-11)18-17(12)22-14-5-4-10(19(26)28-21)7-15(14)23-18/h1-8H,21H2. The van der Waals surface area contributed by atoms with Gasteiger partial charge in [0.25, 0.3) is 0 Å². The largest absolute Gasteiger partial charge is 0.598 e. The molecule has 1 unspecified atom stereocenters. The van der Waals surface area contributed by atoms with E-state index in [2.05, 4.69) is 14.3 Å². The molecule has 2 N–H and O–H groups in total. The highest BCUT2D eigenvalue weighted by molar-refractivity contribution is 7.90. The van der Waals surface area contributed by atoms with Crippen LogP contribution in [0.3, 0.4) is 0 Å². The van der Waals surface area contributed by atoms with Crippen molar-refractivity contribution < 1.29 is 14.2 Å². The van der Waals surface area contributed by atoms with Gasteiger partial charge in [-0.2, -0.15) is 5.90 Å². The van der Waals surface area contributed by atoms with Gasteiger partial charge in [-0.05, 0) is 23.6 Å². The number of nitrogens with two attached hydrogens (primary N) is 1. The summed E-state index contributed by atoms with van der Waals surface area (Å²) in [7, 11) is 0. The number of hydrogen-bond acceptors (Lipinski definition) is 7. The summed E-state index contributed by atoms with van der Waals surface area (Å²) < 4.78 is 15.5. The summed E-state index contributed by atoms with van der Waals surface area (Å²) in [5.74, 6) is 4.29. The fraction of sp³-hybridized carbons (Fsp3) is 0. The van der Waals surface area contributed by atoms with Crippen LogP contribution in [-0.4, -0.2) is 20.5 Å². The minimum atomic E-state index is -1.86. The van der Waals surface area contributed by atoms with Crippen LogP contribution in [0.2, 0.25) is 0 Å². The lowest BCUT2D eigenvalue weighted by atomic mass is 10.0. The summed E-state index contributed by atoms with van der Waals surface area (Å²) in [6, 6.07) is 13.9. The predicted molar refractivity (Wildman–Crippen MR) is 107 cm³/mol. The Labute approximate surface area is 166 Å². The first-order valence-electron chi connectivity index (χ1n) is 8.38. The predicted octanol–water partition coefficient (Wildman–Crippen LogP) is 3.79. The van der Waals surface area contributed by atoms with Gasteiger partial charge in [-0.3, -0.25) is 0 Å². The van der Waals surface area contributed by atoms with Crippen LogP contribution in [0.15, 0.2) is 57.9 Å². The number of carbonyl (C=O) groups is 1. The lowest BCUT2D eigenvalue weighted by Gasteiger charge is -2.06. The number of carbonyl (C=O) groups excluding carboxylic acids is 1. The van der Waals surface area contributed by atoms with Gasteiger partial charge in [-0.25, -0.2) is 14.8 Å². The van der Waals surface area contributed by atoms with Crippen LogP contribution in [0.5, 0.6) is 0 Å². The molecule has 1 heterocycles. The van der Waals surface area contributed by atoms with E-state index in [9.17, 15) is 9.35 Å². The zero-order chi connectivity index (χ0) is 20.1. The quantitative estimate of drug-likeness (QED) is 0.159. The van der Waals surface area contributed by atoms with Crippen molar-refractivity contribution in [2.45, 2.75) is 4.90 Å². The van der Waals surface area contributed by atoms with Gasteiger partial charge in [-0.1, -0.05) is 18.2 Å². The van der Waals surface area contributed by atoms with E-state index >= 15 is 0 Å². The van der Waals surface area contributed by atoms with Crippen molar-refractivity contribution in [3.8, 4) is 22.5 Å². The van der Waals surface area contributed by atoms with Crippen molar-refractivity contribution in [2.75, 3.05) is 0 Å². The highest BCUT2D eigenvalue weighted by Gasteiger charge is 2.27. The fourth-order valence-electron chi connectivity index (χ4n) is 3.59. The fourth-order valence-corrected chi connectivity index (χ4v) is 4.20. The van der Waals surface area contributed by atoms with E-state index in [4.69, 9.17) is 21.4 Å². The lowest BCUT2D eigenvalue weighted by molar-refractivity contribution is 0.0503. The first kappa shape index (κ1) is 17.4. The zero-order valence-corrected chi connectivity index (χ0v) is 15.4. The molecule has 0 spiro atoms. The molecule has 0 saturated carbocycles. The minimum Gasteiger partial charge on any atom is -0.598 e. The Bertz CT molecular complexity index is 1400. The monoisotopic (exact) mass is 402 g/mol. The molecule has 1 atom stereocenters. The van der Waals surface area contributed by atoms with Crippen molar-refractivity contribution in [3.63, 3.8) is 0 Å². The van der Waals surface area contributed by atoms with E-state index in [0.29, 0.717) is 27.3 Å². The van der Waals surface area contributed by atoms with Crippen LogP contribution in [0.25, 0.3) is 54.8 Å². The van der Waals surface area contributed by atoms with Gasteiger partial charge in [0, 0.05) is 39.1 Å². The molecule has 140 valence electrons. The molecule has 0 saturated heterocycles. The number of benzene rings is 3. The van der Waals surface area contributed by atoms with Crippen LogP contribution in [0, 0.1) is 0 Å². The summed E-state index contributed by atoms with van der Waals surface area (Å²) >= 11 is -1.86. The van der Waals surface area contributed by atoms with Gasteiger partial charge >= 0.3 is 5.97 Å². The van der Waals surface area contributed by atoms with E-state index in [1.54, 1.807) is 30.3 Å². The van der Waals surface area contributed by atoms with Crippen molar-refractivity contribution in [1.82, 2.24) is 9.97 Å². The van der Waals surface area contributed by atoms with Gasteiger partial charge in [0.1, 0.15) is 15.9 Å². The molecule has 1 aromatic heterocycles. The second-order valence-corrected chi connectivity index (χ2v) is 7.46. The Morgan fingerprint density at radius 2 is 1.90 bits per heavy atom. The summed E-state index contributed by atoms with van der Waals surface area (Å²) in [6.45, 7) is 0. The second kappa shape index (κ2) is 6.43. The normalized spacial score (nSPS) is 12.5. The molecule has 9 nitrogen and oxygen atoms in total. The molecular formula is C19H10N6O3S. The number of fused-ring (bicyclic) bond motifs is 4.